The molecule has 0 atom stereocenters. The van der Waals surface area contributed by atoms with Crippen LogP contribution < -0.4 is 0 Å². The molecule has 0 heterocycles. The van der Waals surface area contributed by atoms with Crippen LogP contribution in [0.4, 0.5) is 0 Å². The predicted molar refractivity (Wildman–Crippen MR) is 62.6 cm³/mol. The molecule has 0 aliphatic carbocycles. The van der Waals surface area contributed by atoms with Crippen LogP contribution in [0.3, 0.4) is 0 Å². The van der Waals surface area contributed by atoms with Crippen LogP contribution in [0.1, 0.15) is 13.3 Å². The van der Waals surface area contributed by atoms with Gasteiger partial charge in [-0.25, -0.2) is 0 Å². The van der Waals surface area contributed by atoms with E-state index in [0.717, 1.165) is 3.57 Å². The quantitative estimate of drug-likeness (QED) is 0.630. The molecule has 5 heteroatoms. The summed E-state index contributed by atoms with van der Waals surface area (Å²) >= 11 is 2.12. The van der Waals surface area contributed by atoms with E-state index in [-0.39, 0.29) is 11.5 Å². The Morgan fingerprint density at radius 3 is 2.36 bits per heavy atom. The Morgan fingerprint density at radius 1 is 1.29 bits per heavy atom. The molecular weight excluding hydrogens is 315 g/mol. The second-order valence-electron chi connectivity index (χ2n) is 2.73. The van der Waals surface area contributed by atoms with Crippen LogP contribution >= 0.6 is 22.6 Å². The molecule has 0 saturated heterocycles. The molecular formula is C9H11IO3S. The van der Waals surface area contributed by atoms with Crippen molar-refractivity contribution >= 4 is 32.7 Å². The lowest BCUT2D eigenvalue weighted by Gasteiger charge is -2.03. The number of hydrogen-bond acceptors (Lipinski definition) is 3. The van der Waals surface area contributed by atoms with E-state index >= 15 is 0 Å². The highest BCUT2D eigenvalue weighted by atomic mass is 127. The lowest BCUT2D eigenvalue weighted by molar-refractivity contribution is 0.318. The first-order valence-electron chi connectivity index (χ1n) is 4.21. The molecule has 1 aromatic carbocycles. The van der Waals surface area contributed by atoms with Crippen LogP contribution in [0.25, 0.3) is 0 Å². The molecule has 0 bridgehead atoms. The summed E-state index contributed by atoms with van der Waals surface area (Å²) in [5.74, 6) is 0. The van der Waals surface area contributed by atoms with Crippen molar-refractivity contribution in [2.45, 2.75) is 18.2 Å². The van der Waals surface area contributed by atoms with E-state index in [4.69, 9.17) is 4.18 Å². The van der Waals surface area contributed by atoms with Crippen molar-refractivity contribution in [1.82, 2.24) is 0 Å². The molecule has 0 spiro atoms. The summed E-state index contributed by atoms with van der Waals surface area (Å²) in [7, 11) is -3.54. The van der Waals surface area contributed by atoms with Crippen LogP contribution in [0, 0.1) is 3.57 Å². The van der Waals surface area contributed by atoms with Crippen molar-refractivity contribution in [3.8, 4) is 0 Å². The van der Waals surface area contributed by atoms with Gasteiger partial charge in [-0.15, -0.1) is 0 Å². The first kappa shape index (κ1) is 11.9. The fourth-order valence-corrected chi connectivity index (χ4v) is 2.21. The molecule has 3 nitrogen and oxygen atoms in total. The zero-order valence-corrected chi connectivity index (χ0v) is 10.7. The third kappa shape index (κ3) is 3.21. The van der Waals surface area contributed by atoms with Crippen molar-refractivity contribution in [3.63, 3.8) is 0 Å². The summed E-state index contributed by atoms with van der Waals surface area (Å²) in [6.07, 6.45) is 0.684. The van der Waals surface area contributed by atoms with Crippen LogP contribution in [-0.2, 0) is 14.3 Å². The second-order valence-corrected chi connectivity index (χ2v) is 5.59. The second kappa shape index (κ2) is 5.09. The van der Waals surface area contributed by atoms with Crippen LogP contribution in [0.2, 0.25) is 0 Å². The maximum absolute atomic E-state index is 11.5. The highest BCUT2D eigenvalue weighted by Crippen LogP contribution is 2.14. The van der Waals surface area contributed by atoms with Gasteiger partial charge in [-0.1, -0.05) is 6.92 Å². The molecule has 0 aliphatic heterocycles. The summed E-state index contributed by atoms with van der Waals surface area (Å²) in [6.45, 7) is 2.10. The van der Waals surface area contributed by atoms with Crippen molar-refractivity contribution in [2.24, 2.45) is 0 Å². The van der Waals surface area contributed by atoms with Gasteiger partial charge in [-0.3, -0.25) is 4.18 Å². The summed E-state index contributed by atoms with van der Waals surface area (Å²) in [4.78, 5) is 0.214. The van der Waals surface area contributed by atoms with Gasteiger partial charge >= 0.3 is 0 Å². The lowest BCUT2D eigenvalue weighted by Crippen LogP contribution is -2.06. The maximum atomic E-state index is 11.5. The van der Waals surface area contributed by atoms with Crippen LogP contribution in [0.15, 0.2) is 29.2 Å². The predicted octanol–water partition coefficient (Wildman–Crippen LogP) is 2.41. The first-order chi connectivity index (χ1) is 6.56. The van der Waals surface area contributed by atoms with Gasteiger partial charge in [0.25, 0.3) is 10.1 Å². The monoisotopic (exact) mass is 326 g/mol. The minimum atomic E-state index is -3.54. The van der Waals surface area contributed by atoms with Gasteiger partial charge in [-0.2, -0.15) is 8.42 Å². The van der Waals surface area contributed by atoms with Crippen molar-refractivity contribution in [1.29, 1.82) is 0 Å². The van der Waals surface area contributed by atoms with Gasteiger partial charge in [0, 0.05) is 3.57 Å². The smallest absolute Gasteiger partial charge is 0.266 e. The maximum Gasteiger partial charge on any atom is 0.296 e. The van der Waals surface area contributed by atoms with Crippen LogP contribution in [0.5, 0.6) is 0 Å². The molecule has 78 valence electrons. The van der Waals surface area contributed by atoms with E-state index in [9.17, 15) is 8.42 Å². The summed E-state index contributed by atoms with van der Waals surface area (Å²) in [6, 6.07) is 6.57. The van der Waals surface area contributed by atoms with E-state index in [1.807, 2.05) is 6.92 Å². The molecule has 0 unspecified atom stereocenters. The fraction of sp³-hybridized carbons (Fsp3) is 0.333. The average molecular weight is 326 g/mol. The fourth-order valence-electron chi connectivity index (χ4n) is 0.862. The van der Waals surface area contributed by atoms with Crippen molar-refractivity contribution in [2.75, 3.05) is 6.61 Å². The third-order valence-electron chi connectivity index (χ3n) is 1.54. The topological polar surface area (TPSA) is 43.4 Å². The number of hydrogen-bond donors (Lipinski definition) is 0. The average Bonchev–Trinajstić information content (AvgIpc) is 2.16. The highest BCUT2D eigenvalue weighted by molar-refractivity contribution is 14.1. The largest absolute Gasteiger partial charge is 0.296 e. The molecule has 14 heavy (non-hydrogen) atoms. The molecule has 0 fully saturated rings. The Hall–Kier alpha value is -0.140. The van der Waals surface area contributed by atoms with E-state index in [1.54, 1.807) is 24.3 Å². The number of benzene rings is 1. The molecule has 1 rings (SSSR count). The normalized spacial score (nSPS) is 11.6. The molecule has 0 saturated carbocycles. The Kier molecular flexibility index (Phi) is 4.33. The third-order valence-corrected chi connectivity index (χ3v) is 3.59. The summed E-state index contributed by atoms with van der Waals surface area (Å²) in [5, 5.41) is 0. The van der Waals surface area contributed by atoms with E-state index in [1.165, 1.54) is 0 Å². The molecule has 0 aliphatic rings. The molecule has 0 aromatic heterocycles. The van der Waals surface area contributed by atoms with E-state index < -0.39 is 10.1 Å². The number of halogens is 1. The standard InChI is InChI=1S/C9H11IO3S/c1-2-7-13-14(11,12)9-5-3-8(10)4-6-9/h3-6H,2,7H2,1H3. The Morgan fingerprint density at radius 2 is 1.86 bits per heavy atom. The van der Waals surface area contributed by atoms with Gasteiger partial charge < -0.3 is 0 Å². The van der Waals surface area contributed by atoms with Gasteiger partial charge in [0.15, 0.2) is 0 Å². The van der Waals surface area contributed by atoms with Crippen molar-refractivity contribution in [3.05, 3.63) is 27.8 Å². The molecule has 0 amide bonds. The lowest BCUT2D eigenvalue weighted by atomic mass is 10.4. The molecule has 0 N–H and O–H groups in total. The van der Waals surface area contributed by atoms with Crippen LogP contribution in [-0.4, -0.2) is 15.0 Å². The van der Waals surface area contributed by atoms with E-state index in [2.05, 4.69) is 22.6 Å². The number of rotatable bonds is 4. The Labute approximate surface area is 97.7 Å². The first-order valence-corrected chi connectivity index (χ1v) is 6.70. The SMILES string of the molecule is CCCOS(=O)(=O)c1ccc(I)cc1. The summed E-state index contributed by atoms with van der Waals surface area (Å²) < 4.78 is 28.7. The molecule has 0 radical (unpaired) electrons. The van der Waals surface area contributed by atoms with Gasteiger partial charge in [0.05, 0.1) is 11.5 Å². The zero-order valence-electron chi connectivity index (χ0n) is 7.73. The van der Waals surface area contributed by atoms with Gasteiger partial charge in [0.1, 0.15) is 0 Å². The Balaban J connectivity index is 2.87. The zero-order chi connectivity index (χ0) is 10.6. The van der Waals surface area contributed by atoms with E-state index in [0.29, 0.717) is 6.42 Å². The van der Waals surface area contributed by atoms with Gasteiger partial charge in [0.2, 0.25) is 0 Å². The molecule has 1 aromatic rings. The Bertz CT molecular complexity index is 383. The van der Waals surface area contributed by atoms with Crippen molar-refractivity contribution < 1.29 is 12.6 Å². The summed E-state index contributed by atoms with van der Waals surface area (Å²) in [5.41, 5.74) is 0. The minimum absolute atomic E-state index is 0.214. The minimum Gasteiger partial charge on any atom is -0.266 e. The highest BCUT2D eigenvalue weighted by Gasteiger charge is 2.13. The van der Waals surface area contributed by atoms with Gasteiger partial charge in [-0.05, 0) is 53.3 Å².